The molecule has 1 aromatic heterocycles. The zero-order valence-corrected chi connectivity index (χ0v) is 12.4. The van der Waals surface area contributed by atoms with Crippen molar-refractivity contribution < 1.29 is 9.59 Å². The van der Waals surface area contributed by atoms with E-state index in [-0.39, 0.29) is 24.3 Å². The average molecular weight is 295 g/mol. The summed E-state index contributed by atoms with van der Waals surface area (Å²) in [6, 6.07) is 0. The Kier molecular flexibility index (Phi) is 4.73. The van der Waals surface area contributed by atoms with E-state index in [0.717, 1.165) is 0 Å². The van der Waals surface area contributed by atoms with Crippen molar-refractivity contribution in [2.75, 3.05) is 52.6 Å². The normalized spacial score (nSPS) is 16.0. The Bertz CT molecular complexity index is 505. The number of carbonyl (C=O) groups is 2. The van der Waals surface area contributed by atoms with Crippen molar-refractivity contribution >= 4 is 17.8 Å². The number of carbonyl (C=O) groups excluding carboxylic acids is 2. The van der Waals surface area contributed by atoms with Crippen LogP contribution in [0.25, 0.3) is 0 Å². The molecule has 9 nitrogen and oxygen atoms in total. The molecule has 0 aliphatic carbocycles. The van der Waals surface area contributed by atoms with Gasteiger partial charge in [0.15, 0.2) is 0 Å². The first-order chi connectivity index (χ1) is 9.95. The highest BCUT2D eigenvalue weighted by Crippen LogP contribution is 2.04. The second kappa shape index (κ2) is 6.53. The number of rotatable bonds is 4. The lowest BCUT2D eigenvalue weighted by molar-refractivity contribution is -0.134. The molecule has 21 heavy (non-hydrogen) atoms. The first-order valence-electron chi connectivity index (χ1n) is 6.81. The molecular weight excluding hydrogens is 274 g/mol. The van der Waals surface area contributed by atoms with Crippen molar-refractivity contribution in [3.05, 3.63) is 6.33 Å². The van der Waals surface area contributed by atoms with E-state index >= 15 is 0 Å². The van der Waals surface area contributed by atoms with Gasteiger partial charge in [0.05, 0.1) is 6.54 Å². The van der Waals surface area contributed by atoms with Crippen LogP contribution in [0.4, 0.5) is 5.95 Å². The van der Waals surface area contributed by atoms with Crippen LogP contribution in [0.1, 0.15) is 0 Å². The van der Waals surface area contributed by atoms with Gasteiger partial charge in [-0.05, 0) is 0 Å². The minimum Gasteiger partial charge on any atom is -0.367 e. The number of nitrogens with zero attached hydrogens (tertiary/aromatic N) is 6. The quantitative estimate of drug-likeness (QED) is 0.696. The summed E-state index contributed by atoms with van der Waals surface area (Å²) in [6.07, 6.45) is 1.44. The van der Waals surface area contributed by atoms with Crippen molar-refractivity contribution in [1.82, 2.24) is 29.5 Å². The number of nitrogens with two attached hydrogens (primary N) is 1. The molecule has 9 heteroatoms. The molecule has 0 spiro atoms. The molecule has 2 rings (SSSR count). The standard InChI is InChI=1S/C12H21N7O2/c1-16(2)10(20)7-17-3-5-18(6-4-17)11(21)8-19-9-14-12(13)15-19/h9H,3-8H2,1-2H3,(H2,13,15). The Balaban J connectivity index is 1.78. The molecule has 1 fully saturated rings. The van der Waals surface area contributed by atoms with Gasteiger partial charge < -0.3 is 15.5 Å². The number of nitrogen functional groups attached to an aromatic ring is 1. The van der Waals surface area contributed by atoms with Crippen LogP contribution >= 0.6 is 0 Å². The van der Waals surface area contributed by atoms with Crippen molar-refractivity contribution in [1.29, 1.82) is 0 Å². The maximum atomic E-state index is 12.1. The van der Waals surface area contributed by atoms with E-state index in [2.05, 4.69) is 15.0 Å². The molecule has 2 heterocycles. The third kappa shape index (κ3) is 4.15. The second-order valence-electron chi connectivity index (χ2n) is 5.25. The Morgan fingerprint density at radius 3 is 2.43 bits per heavy atom. The number of aromatic nitrogens is 3. The number of piperazine rings is 1. The zero-order valence-electron chi connectivity index (χ0n) is 12.4. The predicted octanol–water partition coefficient (Wildman–Crippen LogP) is -1.91. The molecule has 1 saturated heterocycles. The molecule has 0 bridgehead atoms. The summed E-state index contributed by atoms with van der Waals surface area (Å²) in [6.45, 7) is 3.17. The SMILES string of the molecule is CN(C)C(=O)CN1CCN(C(=O)Cn2cnc(N)n2)CC1. The van der Waals surface area contributed by atoms with E-state index in [1.165, 1.54) is 11.0 Å². The summed E-state index contributed by atoms with van der Waals surface area (Å²) in [4.78, 5) is 32.9. The van der Waals surface area contributed by atoms with Crippen molar-refractivity contribution in [2.45, 2.75) is 6.54 Å². The summed E-state index contributed by atoms with van der Waals surface area (Å²) < 4.78 is 1.43. The maximum Gasteiger partial charge on any atom is 0.244 e. The van der Waals surface area contributed by atoms with E-state index in [0.29, 0.717) is 32.7 Å². The Morgan fingerprint density at radius 1 is 1.24 bits per heavy atom. The zero-order chi connectivity index (χ0) is 15.4. The minimum atomic E-state index is -0.0153. The summed E-state index contributed by atoms with van der Waals surface area (Å²) in [5.74, 6) is 0.223. The molecule has 2 N–H and O–H groups in total. The number of amides is 2. The van der Waals surface area contributed by atoms with Gasteiger partial charge in [-0.15, -0.1) is 5.10 Å². The van der Waals surface area contributed by atoms with Crippen LogP contribution < -0.4 is 5.73 Å². The van der Waals surface area contributed by atoms with E-state index in [4.69, 9.17) is 5.73 Å². The minimum absolute atomic E-state index is 0.0153. The summed E-state index contributed by atoms with van der Waals surface area (Å²) in [5, 5.41) is 3.89. The van der Waals surface area contributed by atoms with E-state index in [1.54, 1.807) is 23.9 Å². The van der Waals surface area contributed by atoms with Crippen molar-refractivity contribution in [3.8, 4) is 0 Å². The monoisotopic (exact) mass is 295 g/mol. The first kappa shape index (κ1) is 15.2. The molecule has 116 valence electrons. The van der Waals surface area contributed by atoms with Gasteiger partial charge in [0.25, 0.3) is 0 Å². The van der Waals surface area contributed by atoms with Crippen LogP contribution in [0.3, 0.4) is 0 Å². The van der Waals surface area contributed by atoms with Crippen LogP contribution in [0.5, 0.6) is 0 Å². The summed E-state index contributed by atoms with van der Waals surface area (Å²) in [7, 11) is 3.48. The van der Waals surface area contributed by atoms with Gasteiger partial charge in [-0.3, -0.25) is 14.5 Å². The molecular formula is C12H21N7O2. The molecule has 0 unspecified atom stereocenters. The predicted molar refractivity (Wildman–Crippen MR) is 76.1 cm³/mol. The lowest BCUT2D eigenvalue weighted by Gasteiger charge is -2.34. The van der Waals surface area contributed by atoms with E-state index < -0.39 is 0 Å². The Hall–Kier alpha value is -2.16. The lowest BCUT2D eigenvalue weighted by atomic mass is 10.3. The van der Waals surface area contributed by atoms with Gasteiger partial charge >= 0.3 is 0 Å². The fourth-order valence-corrected chi connectivity index (χ4v) is 2.11. The number of anilines is 1. The highest BCUT2D eigenvalue weighted by Gasteiger charge is 2.23. The van der Waals surface area contributed by atoms with Gasteiger partial charge in [-0.1, -0.05) is 0 Å². The van der Waals surface area contributed by atoms with Crippen LogP contribution in [-0.2, 0) is 16.1 Å². The highest BCUT2D eigenvalue weighted by atomic mass is 16.2. The fourth-order valence-electron chi connectivity index (χ4n) is 2.11. The smallest absolute Gasteiger partial charge is 0.244 e. The number of hydrogen-bond donors (Lipinski definition) is 1. The maximum absolute atomic E-state index is 12.1. The van der Waals surface area contributed by atoms with Crippen molar-refractivity contribution in [2.24, 2.45) is 0 Å². The van der Waals surface area contributed by atoms with E-state index in [1.807, 2.05) is 0 Å². The number of likely N-dealkylation sites (N-methyl/N-ethyl adjacent to an activating group) is 1. The largest absolute Gasteiger partial charge is 0.367 e. The van der Waals surface area contributed by atoms with Gasteiger partial charge in [-0.25, -0.2) is 9.67 Å². The van der Waals surface area contributed by atoms with Gasteiger partial charge in [0.2, 0.25) is 17.8 Å². The van der Waals surface area contributed by atoms with Gasteiger partial charge in [-0.2, -0.15) is 0 Å². The first-order valence-corrected chi connectivity index (χ1v) is 6.81. The Morgan fingerprint density at radius 2 is 1.90 bits per heavy atom. The summed E-state index contributed by atoms with van der Waals surface area (Å²) >= 11 is 0. The second-order valence-corrected chi connectivity index (χ2v) is 5.25. The average Bonchev–Trinajstić information content (AvgIpc) is 2.84. The van der Waals surface area contributed by atoms with Gasteiger partial charge in [0, 0.05) is 40.3 Å². The van der Waals surface area contributed by atoms with Crippen molar-refractivity contribution in [3.63, 3.8) is 0 Å². The van der Waals surface area contributed by atoms with Crippen LogP contribution in [0.15, 0.2) is 6.33 Å². The fraction of sp³-hybridized carbons (Fsp3) is 0.667. The molecule has 0 aromatic carbocycles. The lowest BCUT2D eigenvalue weighted by Crippen LogP contribution is -2.51. The highest BCUT2D eigenvalue weighted by molar-refractivity contribution is 5.78. The summed E-state index contributed by atoms with van der Waals surface area (Å²) in [5.41, 5.74) is 5.41. The van der Waals surface area contributed by atoms with E-state index in [9.17, 15) is 9.59 Å². The van der Waals surface area contributed by atoms with Gasteiger partial charge in [0.1, 0.15) is 12.9 Å². The van der Waals surface area contributed by atoms with Crippen LogP contribution in [-0.4, -0.2) is 88.1 Å². The molecule has 0 saturated carbocycles. The molecule has 1 aliphatic heterocycles. The third-order valence-electron chi connectivity index (χ3n) is 3.43. The molecule has 0 radical (unpaired) electrons. The topological polar surface area (TPSA) is 101 Å². The molecule has 2 amide bonds. The number of hydrogen-bond acceptors (Lipinski definition) is 6. The van der Waals surface area contributed by atoms with Crippen LogP contribution in [0.2, 0.25) is 0 Å². The third-order valence-corrected chi connectivity index (χ3v) is 3.43. The molecule has 1 aliphatic rings. The van der Waals surface area contributed by atoms with Crippen LogP contribution in [0, 0.1) is 0 Å². The molecule has 0 atom stereocenters. The Labute approximate surface area is 123 Å². The molecule has 1 aromatic rings.